The van der Waals surface area contributed by atoms with E-state index >= 15 is 0 Å². The Balaban J connectivity index is 1.63. The van der Waals surface area contributed by atoms with Crippen molar-refractivity contribution in [2.24, 2.45) is 17.6 Å². The summed E-state index contributed by atoms with van der Waals surface area (Å²) < 4.78 is 11.6. The summed E-state index contributed by atoms with van der Waals surface area (Å²) in [5.74, 6) is 1.37. The van der Waals surface area contributed by atoms with Crippen molar-refractivity contribution in [2.45, 2.75) is 57.7 Å². The largest absolute Gasteiger partial charge is 0.378 e. The lowest BCUT2D eigenvalue weighted by Crippen LogP contribution is -2.31. The third-order valence-corrected chi connectivity index (χ3v) is 4.32. The van der Waals surface area contributed by atoms with Crippen molar-refractivity contribution in [2.75, 3.05) is 19.8 Å². The van der Waals surface area contributed by atoms with E-state index in [1.54, 1.807) is 0 Å². The summed E-state index contributed by atoms with van der Waals surface area (Å²) >= 11 is 0. The first-order valence-electron chi connectivity index (χ1n) is 7.23. The van der Waals surface area contributed by atoms with Crippen LogP contribution in [0.1, 0.15) is 45.4 Å². The van der Waals surface area contributed by atoms with Gasteiger partial charge in [0.25, 0.3) is 0 Å². The smallest absolute Gasteiger partial charge is 0.0813 e. The van der Waals surface area contributed by atoms with E-state index in [-0.39, 0.29) is 0 Å². The second kappa shape index (κ2) is 6.72. The maximum Gasteiger partial charge on any atom is 0.0813 e. The first kappa shape index (κ1) is 13.3. The van der Waals surface area contributed by atoms with E-state index in [1.807, 2.05) is 0 Å². The molecule has 2 rings (SSSR count). The zero-order valence-electron chi connectivity index (χ0n) is 11.1. The van der Waals surface area contributed by atoms with E-state index in [4.69, 9.17) is 15.2 Å². The van der Waals surface area contributed by atoms with Crippen LogP contribution < -0.4 is 5.73 Å². The summed E-state index contributed by atoms with van der Waals surface area (Å²) in [7, 11) is 0. The van der Waals surface area contributed by atoms with Crippen LogP contribution in [0.5, 0.6) is 0 Å². The first-order chi connectivity index (χ1) is 8.29. The van der Waals surface area contributed by atoms with E-state index in [9.17, 15) is 0 Å². The molecule has 3 heteroatoms. The van der Waals surface area contributed by atoms with Gasteiger partial charge >= 0.3 is 0 Å². The Morgan fingerprint density at radius 2 is 1.82 bits per heavy atom. The molecule has 2 N–H and O–H groups in total. The average molecular weight is 241 g/mol. The highest BCUT2D eigenvalue weighted by Gasteiger charge is 2.26. The molecule has 3 nitrogen and oxygen atoms in total. The molecule has 0 amide bonds. The van der Waals surface area contributed by atoms with E-state index in [2.05, 4.69) is 6.92 Å². The fourth-order valence-electron chi connectivity index (χ4n) is 3.17. The number of nitrogens with two attached hydrogens (primary N) is 1. The number of hydrogen-bond acceptors (Lipinski definition) is 3. The lowest BCUT2D eigenvalue weighted by molar-refractivity contribution is -0.0262. The average Bonchev–Trinajstić information content (AvgIpc) is 2.76. The van der Waals surface area contributed by atoms with Gasteiger partial charge in [-0.1, -0.05) is 12.8 Å². The minimum Gasteiger partial charge on any atom is -0.378 e. The molecule has 1 aliphatic carbocycles. The van der Waals surface area contributed by atoms with Gasteiger partial charge in [-0.2, -0.15) is 0 Å². The lowest BCUT2D eigenvalue weighted by Gasteiger charge is -2.30. The fraction of sp³-hybridized carbons (Fsp3) is 1.00. The van der Waals surface area contributed by atoms with Crippen molar-refractivity contribution < 1.29 is 9.47 Å². The zero-order valence-corrected chi connectivity index (χ0v) is 11.1. The SMILES string of the molecule is CC1CCC(COCC2CCCCC2CN)O1. The van der Waals surface area contributed by atoms with Crippen molar-refractivity contribution in [3.05, 3.63) is 0 Å². The molecule has 1 saturated carbocycles. The summed E-state index contributed by atoms with van der Waals surface area (Å²) in [5.41, 5.74) is 5.83. The molecule has 0 spiro atoms. The Morgan fingerprint density at radius 3 is 2.47 bits per heavy atom. The van der Waals surface area contributed by atoms with Gasteiger partial charge in [-0.15, -0.1) is 0 Å². The zero-order chi connectivity index (χ0) is 12.1. The van der Waals surface area contributed by atoms with Crippen LogP contribution in [-0.2, 0) is 9.47 Å². The molecule has 2 aliphatic rings. The van der Waals surface area contributed by atoms with Crippen molar-refractivity contribution in [1.29, 1.82) is 0 Å². The standard InChI is InChI=1S/C14H27NO2/c1-11-6-7-14(17-11)10-16-9-13-5-3-2-4-12(13)8-15/h11-14H,2-10,15H2,1H3. The third kappa shape index (κ3) is 3.94. The second-order valence-electron chi connectivity index (χ2n) is 5.72. The number of hydrogen-bond donors (Lipinski definition) is 1. The Bertz CT molecular complexity index is 222. The molecule has 17 heavy (non-hydrogen) atoms. The molecule has 4 unspecified atom stereocenters. The quantitative estimate of drug-likeness (QED) is 0.803. The van der Waals surface area contributed by atoms with Gasteiger partial charge in [0.05, 0.1) is 18.8 Å². The van der Waals surface area contributed by atoms with Crippen LogP contribution in [0.4, 0.5) is 0 Å². The van der Waals surface area contributed by atoms with Gasteiger partial charge < -0.3 is 15.2 Å². The van der Waals surface area contributed by atoms with Crippen molar-refractivity contribution in [3.63, 3.8) is 0 Å². The van der Waals surface area contributed by atoms with E-state index in [0.717, 1.165) is 26.2 Å². The van der Waals surface area contributed by atoms with Gasteiger partial charge in [0, 0.05) is 6.61 Å². The summed E-state index contributed by atoms with van der Waals surface area (Å²) in [4.78, 5) is 0. The van der Waals surface area contributed by atoms with Crippen LogP contribution in [0.2, 0.25) is 0 Å². The molecular weight excluding hydrogens is 214 g/mol. The summed E-state index contributed by atoms with van der Waals surface area (Å²) in [6.07, 6.45) is 8.39. The first-order valence-corrected chi connectivity index (χ1v) is 7.23. The maximum atomic E-state index is 5.86. The molecule has 0 bridgehead atoms. The molecule has 1 saturated heterocycles. The Kier molecular flexibility index (Phi) is 5.26. The van der Waals surface area contributed by atoms with Gasteiger partial charge in [0.2, 0.25) is 0 Å². The van der Waals surface area contributed by atoms with Crippen LogP contribution in [0.25, 0.3) is 0 Å². The Labute approximate surface area is 105 Å². The minimum absolute atomic E-state index is 0.338. The number of rotatable bonds is 5. The Morgan fingerprint density at radius 1 is 1.06 bits per heavy atom. The van der Waals surface area contributed by atoms with Crippen LogP contribution in [-0.4, -0.2) is 32.0 Å². The molecular formula is C14H27NO2. The van der Waals surface area contributed by atoms with Crippen LogP contribution in [0.15, 0.2) is 0 Å². The molecule has 4 atom stereocenters. The molecule has 0 radical (unpaired) electrons. The Hall–Kier alpha value is -0.120. The normalized spacial score (nSPS) is 38.5. The molecule has 0 aromatic heterocycles. The van der Waals surface area contributed by atoms with Crippen molar-refractivity contribution >= 4 is 0 Å². The summed E-state index contributed by atoms with van der Waals surface area (Å²) in [5, 5.41) is 0. The minimum atomic E-state index is 0.338. The second-order valence-corrected chi connectivity index (χ2v) is 5.72. The predicted octanol–water partition coefficient (Wildman–Crippen LogP) is 2.34. The maximum absolute atomic E-state index is 5.86. The topological polar surface area (TPSA) is 44.5 Å². The lowest BCUT2D eigenvalue weighted by atomic mass is 9.80. The predicted molar refractivity (Wildman–Crippen MR) is 68.9 cm³/mol. The van der Waals surface area contributed by atoms with Gasteiger partial charge in [0.15, 0.2) is 0 Å². The summed E-state index contributed by atoms with van der Waals surface area (Å²) in [6, 6.07) is 0. The summed E-state index contributed by atoms with van der Waals surface area (Å²) in [6.45, 7) is 4.63. The molecule has 2 fully saturated rings. The molecule has 100 valence electrons. The van der Waals surface area contributed by atoms with Gasteiger partial charge in [-0.25, -0.2) is 0 Å². The molecule has 1 heterocycles. The molecule has 0 aromatic rings. The fourth-order valence-corrected chi connectivity index (χ4v) is 3.17. The molecule has 0 aromatic carbocycles. The van der Waals surface area contributed by atoms with Gasteiger partial charge in [0.1, 0.15) is 0 Å². The van der Waals surface area contributed by atoms with Crippen LogP contribution in [0.3, 0.4) is 0 Å². The third-order valence-electron chi connectivity index (χ3n) is 4.32. The number of ether oxygens (including phenoxy) is 2. The highest BCUT2D eigenvalue weighted by Crippen LogP contribution is 2.29. The van der Waals surface area contributed by atoms with E-state index in [1.165, 1.54) is 32.1 Å². The van der Waals surface area contributed by atoms with Crippen LogP contribution in [0, 0.1) is 11.8 Å². The molecule has 1 aliphatic heterocycles. The van der Waals surface area contributed by atoms with Gasteiger partial charge in [-0.05, 0) is 51.0 Å². The van der Waals surface area contributed by atoms with E-state index in [0.29, 0.717) is 24.0 Å². The van der Waals surface area contributed by atoms with Gasteiger partial charge in [-0.3, -0.25) is 0 Å². The van der Waals surface area contributed by atoms with Crippen LogP contribution >= 0.6 is 0 Å². The van der Waals surface area contributed by atoms with E-state index < -0.39 is 0 Å². The highest BCUT2D eigenvalue weighted by atomic mass is 16.5. The van der Waals surface area contributed by atoms with Crippen molar-refractivity contribution in [3.8, 4) is 0 Å². The van der Waals surface area contributed by atoms with Crippen molar-refractivity contribution in [1.82, 2.24) is 0 Å². The highest BCUT2D eigenvalue weighted by molar-refractivity contribution is 4.76. The monoisotopic (exact) mass is 241 g/mol.